The van der Waals surface area contributed by atoms with Crippen molar-refractivity contribution >= 4 is 28.3 Å². The van der Waals surface area contributed by atoms with Gasteiger partial charge in [-0.2, -0.15) is 5.10 Å². The van der Waals surface area contributed by atoms with Crippen molar-refractivity contribution in [2.45, 2.75) is 38.8 Å². The topological polar surface area (TPSA) is 119 Å². The Balaban J connectivity index is 1.35. The molecule has 10 nitrogen and oxygen atoms in total. The number of halogens is 1. The largest absolute Gasteiger partial charge is 0.466 e. The van der Waals surface area contributed by atoms with Crippen LogP contribution >= 0.6 is 0 Å². The fraction of sp³-hybridized carbons (Fsp3) is 0.500. The molecule has 4 fully saturated rings. The number of rotatable bonds is 7. The number of carbonyl (C=O) groups is 1. The summed E-state index contributed by atoms with van der Waals surface area (Å²) in [5.41, 5.74) is 2.47. The second-order valence-corrected chi connectivity index (χ2v) is 10.4. The van der Waals surface area contributed by atoms with Crippen LogP contribution in [0.25, 0.3) is 28.1 Å². The van der Waals surface area contributed by atoms with Crippen molar-refractivity contribution < 1.29 is 18.7 Å². The Bertz CT molecular complexity index is 1520. The summed E-state index contributed by atoms with van der Waals surface area (Å²) in [6, 6.07) is 5.19. The first-order valence-electron chi connectivity index (χ1n) is 12.9. The van der Waals surface area contributed by atoms with Gasteiger partial charge in [0.2, 0.25) is 5.82 Å². The van der Waals surface area contributed by atoms with E-state index in [9.17, 15) is 9.18 Å². The predicted octanol–water partition coefficient (Wildman–Crippen LogP) is 3.59. The molecule has 0 amide bonds. The van der Waals surface area contributed by atoms with Crippen LogP contribution in [0.3, 0.4) is 0 Å². The second kappa shape index (κ2) is 8.47. The third kappa shape index (κ3) is 3.51. The second-order valence-electron chi connectivity index (χ2n) is 10.4. The van der Waals surface area contributed by atoms with Crippen LogP contribution in [0, 0.1) is 35.4 Å². The lowest BCUT2D eigenvalue weighted by molar-refractivity contribution is -0.155. The molecule has 4 heterocycles. The number of ether oxygens (including phenoxy) is 2. The molecule has 8 rings (SSSR count). The summed E-state index contributed by atoms with van der Waals surface area (Å²) in [4.78, 5) is 22.1. The van der Waals surface area contributed by atoms with E-state index < -0.39 is 5.82 Å². The van der Waals surface area contributed by atoms with Crippen molar-refractivity contribution in [2.75, 3.05) is 19.0 Å². The van der Waals surface area contributed by atoms with Crippen LogP contribution in [0.2, 0.25) is 0 Å². The number of H-pyrrole nitrogens is 1. The van der Waals surface area contributed by atoms with Gasteiger partial charge >= 0.3 is 5.97 Å². The van der Waals surface area contributed by atoms with E-state index >= 15 is 0 Å². The summed E-state index contributed by atoms with van der Waals surface area (Å²) in [7, 11) is 1.63. The van der Waals surface area contributed by atoms with E-state index in [1.807, 2.05) is 19.1 Å². The van der Waals surface area contributed by atoms with Crippen LogP contribution in [0.4, 0.5) is 10.2 Å². The lowest BCUT2D eigenvalue weighted by atomic mass is 9.61. The van der Waals surface area contributed by atoms with Crippen molar-refractivity contribution in [3.05, 3.63) is 35.9 Å². The minimum absolute atomic E-state index is 0.0773. The summed E-state index contributed by atoms with van der Waals surface area (Å²) in [6.45, 7) is 2.57. The fourth-order valence-electron chi connectivity index (χ4n) is 6.93. The third-order valence-electron chi connectivity index (χ3n) is 8.48. The molecule has 0 aliphatic heterocycles. The number of pyridine rings is 1. The van der Waals surface area contributed by atoms with Gasteiger partial charge in [0.25, 0.3) is 0 Å². The quantitative estimate of drug-likeness (QED) is 0.366. The van der Waals surface area contributed by atoms with Crippen LogP contribution in [-0.2, 0) is 20.9 Å². The lowest BCUT2D eigenvalue weighted by Gasteiger charge is -2.47. The van der Waals surface area contributed by atoms with Crippen molar-refractivity contribution in [2.24, 2.45) is 29.6 Å². The maximum atomic E-state index is 14.1. The van der Waals surface area contributed by atoms with E-state index in [0.29, 0.717) is 65.3 Å². The molecular weight excluding hydrogens is 477 g/mol. The Labute approximate surface area is 212 Å². The number of nitrogens with one attached hydrogen (secondary N) is 2. The molecule has 2 unspecified atom stereocenters. The smallest absolute Gasteiger partial charge is 0.311 e. The molecule has 4 aromatic heterocycles. The highest BCUT2D eigenvalue weighted by atomic mass is 19.1. The van der Waals surface area contributed by atoms with Gasteiger partial charge in [0.1, 0.15) is 17.0 Å². The van der Waals surface area contributed by atoms with Gasteiger partial charge in [0, 0.05) is 13.2 Å². The van der Waals surface area contributed by atoms with E-state index in [-0.39, 0.29) is 17.9 Å². The minimum atomic E-state index is -0.467. The average Bonchev–Trinajstić information content (AvgIpc) is 3.48. The van der Waals surface area contributed by atoms with Gasteiger partial charge in [-0.15, -0.1) is 5.10 Å². The highest BCUT2D eigenvalue weighted by Gasteiger charge is 2.63. The number of fused-ring (bicyclic) bond motifs is 4. The van der Waals surface area contributed by atoms with Gasteiger partial charge in [-0.3, -0.25) is 9.89 Å². The monoisotopic (exact) mass is 505 g/mol. The Kier molecular flexibility index (Phi) is 5.17. The maximum absolute atomic E-state index is 14.1. The average molecular weight is 506 g/mol. The summed E-state index contributed by atoms with van der Waals surface area (Å²) in [5, 5.41) is 16.1. The summed E-state index contributed by atoms with van der Waals surface area (Å²) in [5.74, 6) is 2.17. The Morgan fingerprint density at radius 1 is 1.24 bits per heavy atom. The number of aromatic nitrogens is 6. The molecule has 37 heavy (non-hydrogen) atoms. The molecule has 0 spiro atoms. The molecule has 4 aromatic rings. The molecular formula is C26H28FN7O3. The van der Waals surface area contributed by atoms with Crippen LogP contribution in [-0.4, -0.2) is 55.5 Å². The van der Waals surface area contributed by atoms with Crippen LogP contribution < -0.4 is 5.32 Å². The van der Waals surface area contributed by atoms with Gasteiger partial charge < -0.3 is 14.8 Å². The zero-order valence-electron chi connectivity index (χ0n) is 20.6. The van der Waals surface area contributed by atoms with Gasteiger partial charge in [-0.25, -0.2) is 18.9 Å². The van der Waals surface area contributed by atoms with Crippen molar-refractivity contribution in [3.8, 4) is 11.5 Å². The van der Waals surface area contributed by atoms with Crippen molar-refractivity contribution in [3.63, 3.8) is 0 Å². The molecule has 2 bridgehead atoms. The SMILES string of the molecule is CCOC(=O)[C@@H]1[C@@H](Nc2nc(-c3[nH]nc4ncc(F)cc34)nn3c(COC)ccc23)[C@@H]2CC[C@H]1C1CC12. The summed E-state index contributed by atoms with van der Waals surface area (Å²) < 4.78 is 26.8. The molecule has 4 saturated carbocycles. The normalized spacial score (nSPS) is 28.0. The van der Waals surface area contributed by atoms with Crippen LogP contribution in [0.1, 0.15) is 31.9 Å². The van der Waals surface area contributed by atoms with E-state index in [4.69, 9.17) is 19.6 Å². The number of aromatic amines is 1. The van der Waals surface area contributed by atoms with E-state index in [2.05, 4.69) is 20.5 Å². The zero-order valence-corrected chi connectivity index (χ0v) is 20.6. The van der Waals surface area contributed by atoms with Gasteiger partial charge in [0.15, 0.2) is 11.5 Å². The Hall–Kier alpha value is -3.60. The van der Waals surface area contributed by atoms with Crippen molar-refractivity contribution in [1.82, 2.24) is 29.8 Å². The van der Waals surface area contributed by atoms with Crippen LogP contribution in [0.15, 0.2) is 24.4 Å². The first kappa shape index (κ1) is 22.6. The highest BCUT2D eigenvalue weighted by Crippen LogP contribution is 2.64. The number of hydrogen-bond donors (Lipinski definition) is 2. The van der Waals surface area contributed by atoms with E-state index in [1.165, 1.54) is 12.5 Å². The molecule has 6 atom stereocenters. The number of methoxy groups -OCH3 is 1. The standard InChI is InChI=1S/C26H28FN7O3/c1-3-37-26(35)20-14-5-6-15(17-9-16(14)17)21(20)29-24-19-7-4-13(11-36-2)34(19)33-25(30-24)22-18-8-12(27)10-28-23(18)32-31-22/h4,7-8,10,14-17,20-21H,3,5-6,9,11H2,1-2H3,(H,28,31,32)(H,29,30,33)/t14-,15+,16?,17?,20-,21-/m0/s1. The van der Waals surface area contributed by atoms with Crippen molar-refractivity contribution in [1.29, 1.82) is 0 Å². The lowest BCUT2D eigenvalue weighted by Crippen LogP contribution is -2.53. The number of hydrogen-bond acceptors (Lipinski definition) is 8. The van der Waals surface area contributed by atoms with Gasteiger partial charge in [-0.1, -0.05) is 0 Å². The molecule has 0 radical (unpaired) electrons. The van der Waals surface area contributed by atoms with E-state index in [1.54, 1.807) is 11.6 Å². The molecule has 0 saturated heterocycles. The first-order valence-corrected chi connectivity index (χ1v) is 12.9. The minimum Gasteiger partial charge on any atom is -0.466 e. The number of esters is 1. The zero-order chi connectivity index (χ0) is 25.3. The number of anilines is 1. The molecule has 0 aromatic carbocycles. The maximum Gasteiger partial charge on any atom is 0.311 e. The Morgan fingerprint density at radius 2 is 2.08 bits per heavy atom. The van der Waals surface area contributed by atoms with Gasteiger partial charge in [-0.05, 0) is 68.1 Å². The Morgan fingerprint density at radius 3 is 2.92 bits per heavy atom. The fourth-order valence-corrected chi connectivity index (χ4v) is 6.93. The predicted molar refractivity (Wildman–Crippen MR) is 132 cm³/mol. The summed E-state index contributed by atoms with van der Waals surface area (Å²) in [6.07, 6.45) is 4.49. The molecule has 4 aliphatic rings. The van der Waals surface area contributed by atoms with Gasteiger partial charge in [0.05, 0.1) is 36.4 Å². The summed E-state index contributed by atoms with van der Waals surface area (Å²) >= 11 is 0. The molecule has 11 heteroatoms. The first-order chi connectivity index (χ1) is 18.1. The molecule has 192 valence electrons. The molecule has 4 aliphatic carbocycles. The highest BCUT2D eigenvalue weighted by molar-refractivity contribution is 5.89. The van der Waals surface area contributed by atoms with Crippen LogP contribution in [0.5, 0.6) is 0 Å². The van der Waals surface area contributed by atoms with E-state index in [0.717, 1.165) is 30.2 Å². The number of nitrogens with zero attached hydrogens (tertiary/aromatic N) is 5. The number of carbonyl (C=O) groups excluding carboxylic acids is 1. The third-order valence-corrected chi connectivity index (χ3v) is 8.48. The molecule has 2 N–H and O–H groups in total.